The molecule has 0 unspecified atom stereocenters. The maximum atomic E-state index is 12.9. The van der Waals surface area contributed by atoms with Gasteiger partial charge in [0.1, 0.15) is 30.6 Å². The van der Waals surface area contributed by atoms with Crippen LogP contribution in [-0.4, -0.2) is 107 Å². The molecule has 1 saturated carbocycles. The van der Waals surface area contributed by atoms with Crippen LogP contribution in [0.2, 0.25) is 51.4 Å². The van der Waals surface area contributed by atoms with Crippen LogP contribution in [0.4, 0.5) is 5.82 Å². The lowest BCUT2D eigenvalue weighted by Crippen LogP contribution is -2.49. The van der Waals surface area contributed by atoms with Crippen molar-refractivity contribution in [2.45, 2.75) is 102 Å². The molecule has 0 saturated heterocycles. The van der Waals surface area contributed by atoms with Crippen molar-refractivity contribution in [1.29, 1.82) is 0 Å². The number of aromatic nitrogens is 4. The first-order chi connectivity index (χ1) is 26.7. The molecule has 1 amide bonds. The number of carbonyl (C=O) groups is 1. The van der Waals surface area contributed by atoms with E-state index in [1.807, 2.05) is 48.2 Å². The number of anilines is 1. The van der Waals surface area contributed by atoms with Crippen LogP contribution in [0, 0.1) is 0 Å². The van der Waals surface area contributed by atoms with Crippen LogP contribution >= 0.6 is 0 Å². The van der Waals surface area contributed by atoms with Crippen molar-refractivity contribution >= 4 is 45.0 Å². The Kier molecular flexibility index (Phi) is 14.8. The number of pyridine rings is 1. The molecule has 2 aliphatic rings. The SMILES string of the molecule is C=C(OCC)c1c(C2CCC(OCCOC)(C(N)=O)CC2)nc2c(-c3ccc(C4=NC=CC4)nc3)cnn2c1N(COCC[Si](C)(C)C)COCC[Si](C)(C)C. The van der Waals surface area contributed by atoms with Crippen LogP contribution in [0.1, 0.15) is 61.9 Å². The Labute approximate surface area is 334 Å². The molecule has 1 fully saturated rings. The summed E-state index contributed by atoms with van der Waals surface area (Å²) in [5, 5.41) is 4.99. The van der Waals surface area contributed by atoms with Gasteiger partial charge in [0.15, 0.2) is 5.65 Å². The number of aliphatic imine (C=N–C) groups is 1. The molecular formula is C41H63N7O6Si2. The van der Waals surface area contributed by atoms with Crippen LogP contribution in [0.5, 0.6) is 0 Å². The highest BCUT2D eigenvalue weighted by molar-refractivity contribution is 6.76. The quantitative estimate of drug-likeness (QED) is 0.0469. The number of fused-ring (bicyclic) bond motifs is 1. The van der Waals surface area contributed by atoms with Gasteiger partial charge in [0.2, 0.25) is 5.91 Å². The summed E-state index contributed by atoms with van der Waals surface area (Å²) in [7, 11) is -1.09. The predicted octanol–water partition coefficient (Wildman–Crippen LogP) is 7.48. The number of carbonyl (C=O) groups excluding carboxylic acids is 1. The average Bonchev–Trinajstić information content (AvgIpc) is 3.84. The molecule has 1 aliphatic heterocycles. The van der Waals surface area contributed by atoms with Crippen molar-refractivity contribution in [2.75, 3.05) is 58.5 Å². The lowest BCUT2D eigenvalue weighted by atomic mass is 9.76. The molecule has 0 radical (unpaired) electrons. The maximum absolute atomic E-state index is 12.9. The number of ether oxygens (including phenoxy) is 5. The summed E-state index contributed by atoms with van der Waals surface area (Å²) in [5.74, 6) is 0.691. The lowest BCUT2D eigenvalue weighted by molar-refractivity contribution is -0.151. The van der Waals surface area contributed by atoms with Gasteiger partial charge in [-0.15, -0.1) is 0 Å². The van der Waals surface area contributed by atoms with Crippen molar-refractivity contribution in [2.24, 2.45) is 10.7 Å². The molecule has 4 heterocycles. The number of allylic oxidation sites excluding steroid dienone is 1. The van der Waals surface area contributed by atoms with Gasteiger partial charge < -0.3 is 34.3 Å². The van der Waals surface area contributed by atoms with Crippen LogP contribution in [-0.2, 0) is 28.5 Å². The van der Waals surface area contributed by atoms with Gasteiger partial charge in [-0.25, -0.2) is 4.98 Å². The highest BCUT2D eigenvalue weighted by Crippen LogP contribution is 2.44. The number of primary amides is 1. The van der Waals surface area contributed by atoms with E-state index < -0.39 is 27.7 Å². The van der Waals surface area contributed by atoms with E-state index in [0.29, 0.717) is 63.5 Å². The summed E-state index contributed by atoms with van der Waals surface area (Å²) in [6, 6.07) is 6.10. The van der Waals surface area contributed by atoms with Crippen LogP contribution in [0.3, 0.4) is 0 Å². The van der Waals surface area contributed by atoms with E-state index in [-0.39, 0.29) is 26.0 Å². The zero-order valence-electron chi connectivity index (χ0n) is 34.9. The summed E-state index contributed by atoms with van der Waals surface area (Å²) in [6.45, 7) is 23.4. The number of methoxy groups -OCH3 is 1. The molecule has 3 aromatic heterocycles. The second-order valence-corrected chi connectivity index (χ2v) is 28.4. The van der Waals surface area contributed by atoms with Gasteiger partial charge in [0.05, 0.1) is 48.7 Å². The number of nitrogens with two attached hydrogens (primary N) is 1. The van der Waals surface area contributed by atoms with Crippen molar-refractivity contribution in [3.63, 3.8) is 0 Å². The first-order valence-electron chi connectivity index (χ1n) is 19.9. The molecule has 0 spiro atoms. The summed E-state index contributed by atoms with van der Waals surface area (Å²) >= 11 is 0. The normalized spacial score (nSPS) is 18.7. The number of rotatable bonds is 22. The van der Waals surface area contributed by atoms with E-state index in [0.717, 1.165) is 58.1 Å². The summed E-state index contributed by atoms with van der Waals surface area (Å²) in [4.78, 5) is 29.7. The fraction of sp³-hybridized carbons (Fsp3) is 0.585. The molecule has 306 valence electrons. The minimum atomic E-state index is -1.35. The Morgan fingerprint density at radius 1 is 1.00 bits per heavy atom. The standard InChI is InChI=1S/C41H63N7O6Si2/c1-10-53-30(2)36-37(31-15-17-41(18-16-31,40(42)49)54-21-20-50-3)46-38-33(32-13-14-35(44-26-32)34-12-11-19-43-34)27-45-48(38)39(36)47(28-51-22-24-55(4,5)6)29-52-23-25-56(7,8)9/h11,13-14,19,26-27,31H,2,10,12,15-18,20-25,28-29H2,1,3-9H3,(H2,42,49). The molecule has 5 rings (SSSR count). The first-order valence-corrected chi connectivity index (χ1v) is 27.3. The van der Waals surface area contributed by atoms with Gasteiger partial charge in [-0.05, 0) is 50.8 Å². The van der Waals surface area contributed by atoms with Crippen molar-refractivity contribution in [3.05, 3.63) is 60.3 Å². The van der Waals surface area contributed by atoms with E-state index in [1.54, 1.807) is 7.11 Å². The Bertz CT molecular complexity index is 1840. The van der Waals surface area contributed by atoms with E-state index >= 15 is 0 Å². The topological polar surface area (TPSA) is 148 Å². The van der Waals surface area contributed by atoms with Gasteiger partial charge in [-0.1, -0.05) is 58.0 Å². The fourth-order valence-electron chi connectivity index (χ4n) is 6.96. The number of nitrogens with zero attached hydrogens (tertiary/aromatic N) is 6. The zero-order valence-corrected chi connectivity index (χ0v) is 36.9. The molecule has 56 heavy (non-hydrogen) atoms. The summed E-state index contributed by atoms with van der Waals surface area (Å²) in [6.07, 6.45) is 10.4. The first kappa shape index (κ1) is 43.4. The Morgan fingerprint density at radius 3 is 2.21 bits per heavy atom. The molecule has 13 nitrogen and oxygen atoms in total. The van der Waals surface area contributed by atoms with Crippen molar-refractivity contribution in [1.82, 2.24) is 19.6 Å². The van der Waals surface area contributed by atoms with E-state index in [9.17, 15) is 4.79 Å². The summed E-state index contributed by atoms with van der Waals surface area (Å²) in [5.41, 5.74) is 10.6. The van der Waals surface area contributed by atoms with Crippen LogP contribution in [0.15, 0.2) is 48.4 Å². The molecule has 0 bridgehead atoms. The number of hydrogen-bond acceptors (Lipinski definition) is 11. The second kappa shape index (κ2) is 19.1. The minimum Gasteiger partial charge on any atom is -0.494 e. The fourth-order valence-corrected chi connectivity index (χ4v) is 8.47. The molecule has 2 N–H and O–H groups in total. The van der Waals surface area contributed by atoms with Crippen LogP contribution in [0.25, 0.3) is 22.5 Å². The predicted molar refractivity (Wildman–Crippen MR) is 229 cm³/mol. The largest absolute Gasteiger partial charge is 0.494 e. The van der Waals surface area contributed by atoms with Crippen LogP contribution < -0.4 is 10.6 Å². The van der Waals surface area contributed by atoms with Gasteiger partial charge in [-0.2, -0.15) is 9.61 Å². The zero-order chi connectivity index (χ0) is 40.5. The number of hydrogen-bond donors (Lipinski definition) is 1. The lowest BCUT2D eigenvalue weighted by Gasteiger charge is -2.38. The summed E-state index contributed by atoms with van der Waals surface area (Å²) < 4.78 is 32.4. The maximum Gasteiger partial charge on any atom is 0.249 e. The van der Waals surface area contributed by atoms with Crippen molar-refractivity contribution in [3.8, 4) is 11.1 Å². The van der Waals surface area contributed by atoms with Gasteiger partial charge >= 0.3 is 0 Å². The Morgan fingerprint density at radius 2 is 1.68 bits per heavy atom. The third-order valence-electron chi connectivity index (χ3n) is 10.3. The minimum absolute atomic E-state index is 0.0666. The second-order valence-electron chi connectivity index (χ2n) is 17.2. The Balaban J connectivity index is 1.64. The van der Waals surface area contributed by atoms with Gasteiger partial charge in [0, 0.05) is 72.3 Å². The van der Waals surface area contributed by atoms with Crippen molar-refractivity contribution < 1.29 is 28.5 Å². The van der Waals surface area contributed by atoms with E-state index in [4.69, 9.17) is 44.5 Å². The molecule has 0 atom stereocenters. The molecule has 15 heteroatoms. The smallest absolute Gasteiger partial charge is 0.249 e. The highest BCUT2D eigenvalue weighted by atomic mass is 28.3. The van der Waals surface area contributed by atoms with E-state index in [2.05, 4.69) is 55.8 Å². The van der Waals surface area contributed by atoms with E-state index in [1.165, 1.54) is 0 Å². The Hall–Kier alpha value is -3.74. The molecule has 3 aromatic rings. The molecule has 0 aromatic carbocycles. The monoisotopic (exact) mass is 805 g/mol. The van der Waals surface area contributed by atoms with Gasteiger partial charge in [0.25, 0.3) is 0 Å². The number of amides is 1. The third kappa shape index (κ3) is 11.0. The third-order valence-corrected chi connectivity index (χ3v) is 13.8. The van der Waals surface area contributed by atoms with Gasteiger partial charge in [-0.3, -0.25) is 14.8 Å². The molecular weight excluding hydrogens is 743 g/mol. The molecule has 1 aliphatic carbocycles. The average molecular weight is 806 g/mol. The highest BCUT2D eigenvalue weighted by Gasteiger charge is 2.43.